The molecule has 6 atom stereocenters. The lowest BCUT2D eigenvalue weighted by atomic mass is 9.55. The molecule has 1 amide bonds. The molecule has 0 spiro atoms. The van der Waals surface area contributed by atoms with Crippen molar-refractivity contribution in [1.29, 1.82) is 5.26 Å². The summed E-state index contributed by atoms with van der Waals surface area (Å²) in [5.41, 5.74) is 3.95. The van der Waals surface area contributed by atoms with Crippen LogP contribution in [0.5, 0.6) is 11.5 Å². The summed E-state index contributed by atoms with van der Waals surface area (Å²) < 4.78 is 20.4. The highest BCUT2D eigenvalue weighted by Gasteiger charge is 2.65. The molecule has 2 N–H and O–H groups in total. The van der Waals surface area contributed by atoms with Crippen LogP contribution >= 0.6 is 0 Å². The molecule has 322 valence electrons. The van der Waals surface area contributed by atoms with Crippen molar-refractivity contribution in [2.75, 3.05) is 33.0 Å². The van der Waals surface area contributed by atoms with Gasteiger partial charge in [-0.15, -0.1) is 6.58 Å². The molecule has 0 aromatic heterocycles. The van der Waals surface area contributed by atoms with Crippen LogP contribution < -0.4 is 9.47 Å². The number of nitriles is 1. The second-order valence-electron chi connectivity index (χ2n) is 15.8. The molecule has 6 unspecified atom stereocenters. The molecule has 3 aromatic carbocycles. The van der Waals surface area contributed by atoms with E-state index in [-0.39, 0.29) is 62.2 Å². The lowest BCUT2D eigenvalue weighted by molar-refractivity contribution is -0.384. The monoisotopic (exact) mass is 832 g/mol. The second-order valence-corrected chi connectivity index (χ2v) is 15.8. The summed E-state index contributed by atoms with van der Waals surface area (Å²) in [6.07, 6.45) is 10.9. The number of hydrogen-bond acceptors (Lipinski definition) is 11. The van der Waals surface area contributed by atoms with Gasteiger partial charge in [-0.1, -0.05) is 49.7 Å². The lowest BCUT2D eigenvalue weighted by Crippen LogP contribution is -2.70. The van der Waals surface area contributed by atoms with Gasteiger partial charge in [-0.2, -0.15) is 5.26 Å². The summed E-state index contributed by atoms with van der Waals surface area (Å²) in [4.78, 5) is 33.7. The number of amides is 1. The van der Waals surface area contributed by atoms with Gasteiger partial charge < -0.3 is 34.2 Å². The first-order valence-electron chi connectivity index (χ1n) is 21.2. The number of carbonyl (C=O) groups is 1. The molecule has 0 saturated heterocycles. The summed E-state index contributed by atoms with van der Waals surface area (Å²) in [6, 6.07) is 19.9. The maximum absolute atomic E-state index is 14.9. The van der Waals surface area contributed by atoms with Crippen molar-refractivity contribution in [1.82, 2.24) is 4.90 Å². The molecule has 2 aliphatic carbocycles. The van der Waals surface area contributed by atoms with Crippen molar-refractivity contribution >= 4 is 17.3 Å². The lowest BCUT2D eigenvalue weighted by Gasteiger charge is -2.60. The number of oxime groups is 1. The van der Waals surface area contributed by atoms with Crippen LogP contribution in [0.4, 0.5) is 5.69 Å². The van der Waals surface area contributed by atoms with Crippen LogP contribution in [0.1, 0.15) is 91.3 Å². The number of non-ortho nitro benzene ring substituents is 1. The van der Waals surface area contributed by atoms with Crippen LogP contribution in [0.2, 0.25) is 0 Å². The van der Waals surface area contributed by atoms with Crippen molar-refractivity contribution < 1.29 is 39.0 Å². The summed E-state index contributed by atoms with van der Waals surface area (Å²) in [5.74, 6) is -1.13. The molecule has 13 heteroatoms. The highest BCUT2D eigenvalue weighted by molar-refractivity contribution is 6.03. The minimum absolute atomic E-state index is 0.0258. The minimum Gasteiger partial charge on any atom is -0.490 e. The van der Waals surface area contributed by atoms with Gasteiger partial charge >= 0.3 is 0 Å². The number of nitro groups is 1. The molecule has 6 rings (SSSR count). The fourth-order valence-corrected chi connectivity index (χ4v) is 9.28. The predicted octanol–water partition coefficient (Wildman–Crippen LogP) is 8.42. The molecular weight excluding hydrogens is 777 g/mol. The van der Waals surface area contributed by atoms with Gasteiger partial charge in [0.05, 0.1) is 34.8 Å². The topological polar surface area (TPSA) is 177 Å². The van der Waals surface area contributed by atoms with Crippen LogP contribution in [-0.2, 0) is 16.2 Å². The number of allylic oxidation sites excluding steroid dienone is 1. The molecule has 1 aliphatic heterocycles. The number of aliphatic hydroxyl groups excluding tert-OH is 2. The Morgan fingerprint density at radius 2 is 1.75 bits per heavy atom. The van der Waals surface area contributed by atoms with Gasteiger partial charge in [0.15, 0.2) is 0 Å². The van der Waals surface area contributed by atoms with E-state index in [1.807, 2.05) is 30.0 Å². The molecular formula is C48H56N4O9. The summed E-state index contributed by atoms with van der Waals surface area (Å²) >= 11 is 0. The number of benzene rings is 3. The quantitative estimate of drug-likeness (QED) is 0.0433. The van der Waals surface area contributed by atoms with E-state index in [0.29, 0.717) is 66.3 Å². The Morgan fingerprint density at radius 1 is 1.03 bits per heavy atom. The zero-order chi connectivity index (χ0) is 43.4. The van der Waals surface area contributed by atoms with Crippen molar-refractivity contribution in [3.05, 3.63) is 136 Å². The van der Waals surface area contributed by atoms with Crippen molar-refractivity contribution in [3.63, 3.8) is 0 Å². The number of nitrogens with zero attached hydrogens (tertiary/aromatic N) is 4. The Labute approximate surface area is 357 Å². The number of nitro benzene ring substituents is 1. The van der Waals surface area contributed by atoms with Gasteiger partial charge in [-0.25, -0.2) is 0 Å². The maximum Gasteiger partial charge on any atom is 0.269 e. The van der Waals surface area contributed by atoms with Crippen LogP contribution in [-0.4, -0.2) is 76.5 Å². The average Bonchev–Trinajstić information content (AvgIpc) is 3.28. The van der Waals surface area contributed by atoms with E-state index in [1.54, 1.807) is 48.6 Å². The number of aliphatic hydroxyl groups is 2. The Morgan fingerprint density at radius 3 is 2.41 bits per heavy atom. The maximum atomic E-state index is 14.9. The van der Waals surface area contributed by atoms with Crippen molar-refractivity contribution in [2.24, 2.45) is 22.9 Å². The first kappa shape index (κ1) is 44.7. The number of carbonyl (C=O) groups excluding carboxylic acids is 1. The molecule has 1 saturated carbocycles. The number of ether oxygens (including phenoxy) is 3. The molecule has 3 aromatic rings. The smallest absolute Gasteiger partial charge is 0.269 e. The third-order valence-corrected chi connectivity index (χ3v) is 11.9. The van der Waals surface area contributed by atoms with E-state index < -0.39 is 22.7 Å². The van der Waals surface area contributed by atoms with E-state index in [4.69, 9.17) is 24.2 Å². The summed E-state index contributed by atoms with van der Waals surface area (Å²) in [5, 5.41) is 45.5. The number of hydrogen-bond donors (Lipinski definition) is 2. The molecule has 0 radical (unpaired) electrons. The number of fused-ring (bicyclic) bond motifs is 2. The molecule has 0 bridgehead atoms. The highest BCUT2D eigenvalue weighted by atomic mass is 16.7. The number of unbranched alkanes of at least 4 members (excludes halogenated alkanes) is 2. The molecule has 3 aliphatic rings. The van der Waals surface area contributed by atoms with Gasteiger partial charge in [0, 0.05) is 55.4 Å². The van der Waals surface area contributed by atoms with Gasteiger partial charge in [0.25, 0.3) is 11.6 Å². The van der Waals surface area contributed by atoms with Gasteiger partial charge in [-0.05, 0) is 110 Å². The first-order valence-corrected chi connectivity index (χ1v) is 21.2. The van der Waals surface area contributed by atoms with Crippen LogP contribution in [0.3, 0.4) is 0 Å². The van der Waals surface area contributed by atoms with Gasteiger partial charge in [-0.3, -0.25) is 14.9 Å². The van der Waals surface area contributed by atoms with E-state index in [2.05, 4.69) is 25.3 Å². The zero-order valence-corrected chi connectivity index (χ0v) is 34.8. The zero-order valence-electron chi connectivity index (χ0n) is 34.8. The van der Waals surface area contributed by atoms with Crippen molar-refractivity contribution in [2.45, 2.75) is 82.6 Å². The fraction of sp³-hybridized carbons (Fsp3) is 0.438. The van der Waals surface area contributed by atoms with E-state index >= 15 is 0 Å². The van der Waals surface area contributed by atoms with Crippen LogP contribution in [0, 0.1) is 39.2 Å². The molecule has 13 nitrogen and oxygen atoms in total. The SMILES string of the molecule is C=CCOc1ccc2c(c1)C1C(CCCCO)C(CCCCO)C=C3C(=NOCc4ccc([N+](=O)[O-])cc4)CC(N(CCC)C(=O)c4ccc(C#N)cc4)C(OCC=C)(O2)C31. The Kier molecular flexibility index (Phi) is 15.5. The predicted molar refractivity (Wildman–Crippen MR) is 231 cm³/mol. The van der Waals surface area contributed by atoms with E-state index in [0.717, 1.165) is 36.8 Å². The highest BCUT2D eigenvalue weighted by Crippen LogP contribution is 2.62. The molecule has 61 heavy (non-hydrogen) atoms. The van der Waals surface area contributed by atoms with Crippen LogP contribution in [0.25, 0.3) is 0 Å². The van der Waals surface area contributed by atoms with Gasteiger partial charge in [0.2, 0.25) is 5.79 Å². The first-order chi connectivity index (χ1) is 29.7. The molecule has 1 heterocycles. The van der Waals surface area contributed by atoms with E-state index in [9.17, 15) is 30.4 Å². The average molecular weight is 833 g/mol. The van der Waals surface area contributed by atoms with Crippen LogP contribution in [0.15, 0.2) is 109 Å². The van der Waals surface area contributed by atoms with Crippen molar-refractivity contribution in [3.8, 4) is 17.6 Å². The fourth-order valence-electron chi connectivity index (χ4n) is 9.28. The van der Waals surface area contributed by atoms with Gasteiger partial charge in [0.1, 0.15) is 30.8 Å². The minimum atomic E-state index is -1.44. The third-order valence-electron chi connectivity index (χ3n) is 11.9. The Bertz CT molecular complexity index is 2110. The summed E-state index contributed by atoms with van der Waals surface area (Å²) in [6.45, 7) is 10.8. The summed E-state index contributed by atoms with van der Waals surface area (Å²) in [7, 11) is 0. The number of rotatable bonds is 22. The standard InChI is InChI=1S/C48H56N4O9/c1-4-23-51(47(55)35-17-13-33(31-49)14-18-35)44-30-42(50-60-32-34-15-19-37(20-16-34)52(56)57)40-28-36(11-7-9-24-53)39(12-8-10-25-54)45-41-29-38(58-26-5-2)21-22-43(41)61-48(44,46(40)45)59-27-6-3/h5-6,13-22,28-29,36,39,44-46,53-54H,2-4,7-12,23-27,30,32H2,1H3. The largest absolute Gasteiger partial charge is 0.490 e. The van der Waals surface area contributed by atoms with E-state index in [1.165, 1.54) is 12.1 Å². The third kappa shape index (κ3) is 9.89. The second kappa shape index (κ2) is 21.1. The molecule has 1 fully saturated rings. The Balaban J connectivity index is 1.58. The normalized spacial score (nSPS) is 23.0. The Hall–Kier alpha value is -5.81.